The lowest BCUT2D eigenvalue weighted by atomic mass is 9.93. The Morgan fingerprint density at radius 1 is 1.05 bits per heavy atom. The number of tetrazole rings is 1. The molecule has 15 heteroatoms. The van der Waals surface area contributed by atoms with Crippen molar-refractivity contribution < 1.29 is 27.3 Å². The van der Waals surface area contributed by atoms with Crippen molar-refractivity contribution in [3.63, 3.8) is 0 Å². The van der Waals surface area contributed by atoms with Crippen LogP contribution >= 0.6 is 0 Å². The number of nitrogens with one attached hydrogen (secondary N) is 3. The third kappa shape index (κ3) is 10.1. The lowest BCUT2D eigenvalue weighted by molar-refractivity contribution is -0.123. The third-order valence-electron chi connectivity index (χ3n) is 6.05. The van der Waals surface area contributed by atoms with Crippen molar-refractivity contribution in [1.82, 2.24) is 35.6 Å². The molecule has 4 atom stereocenters. The van der Waals surface area contributed by atoms with E-state index in [1.54, 1.807) is 24.3 Å². The normalized spacial score (nSPS) is 14.9. The average molecular weight is 620 g/mol. The van der Waals surface area contributed by atoms with Crippen LogP contribution in [0.3, 0.4) is 0 Å². The summed E-state index contributed by atoms with van der Waals surface area (Å²) in [5.41, 5.74) is 1.29. The molecular formula is C27H37N7O6S2. The van der Waals surface area contributed by atoms with E-state index < -0.39 is 56.2 Å². The maximum Gasteiger partial charge on any atom is 0.251 e. The Balaban J connectivity index is 1.88. The van der Waals surface area contributed by atoms with Crippen molar-refractivity contribution in [1.29, 1.82) is 0 Å². The van der Waals surface area contributed by atoms with Crippen LogP contribution in [0.1, 0.15) is 42.3 Å². The summed E-state index contributed by atoms with van der Waals surface area (Å²) in [6, 6.07) is 13.7. The van der Waals surface area contributed by atoms with Crippen LogP contribution in [0.25, 0.3) is 0 Å². The number of aliphatic hydroxyl groups excluding tert-OH is 1. The zero-order valence-corrected chi connectivity index (χ0v) is 25.8. The van der Waals surface area contributed by atoms with Gasteiger partial charge in [0.2, 0.25) is 21.1 Å². The van der Waals surface area contributed by atoms with E-state index in [-0.39, 0.29) is 23.9 Å². The summed E-state index contributed by atoms with van der Waals surface area (Å²) in [4.78, 5) is 26.5. The number of aryl methyl sites for hydroxylation is 1. The largest absolute Gasteiger partial charge is 0.391 e. The quantitative estimate of drug-likeness (QED) is 0.206. The maximum absolute atomic E-state index is 13.5. The second-order valence-corrected chi connectivity index (χ2v) is 14.1. The van der Waals surface area contributed by atoms with Crippen LogP contribution in [0.2, 0.25) is 0 Å². The molecule has 13 nitrogen and oxygen atoms in total. The van der Waals surface area contributed by atoms with Gasteiger partial charge in [-0.2, -0.15) is 0 Å². The number of hydrogen-bond acceptors (Lipinski definition) is 9. The number of carbonyl (C=O) groups is 2. The molecule has 1 aromatic heterocycles. The molecule has 42 heavy (non-hydrogen) atoms. The minimum absolute atomic E-state index is 0.0201. The van der Waals surface area contributed by atoms with Crippen LogP contribution in [0.15, 0.2) is 59.8 Å². The number of hydrogen-bond donors (Lipinski definition) is 4. The number of sulfonamides is 1. The van der Waals surface area contributed by atoms with Gasteiger partial charge in [-0.15, -0.1) is 0 Å². The number of benzene rings is 2. The number of aromatic nitrogens is 4. The van der Waals surface area contributed by atoms with Gasteiger partial charge in [0.05, 0.1) is 35.0 Å². The predicted molar refractivity (Wildman–Crippen MR) is 157 cm³/mol. The molecule has 2 amide bonds. The average Bonchev–Trinajstić information content (AvgIpc) is 3.33. The van der Waals surface area contributed by atoms with E-state index in [2.05, 4.69) is 30.9 Å². The summed E-state index contributed by atoms with van der Waals surface area (Å²) in [6.45, 7) is 5.59. The summed E-state index contributed by atoms with van der Waals surface area (Å²) in [6.07, 6.45) is -0.0705. The van der Waals surface area contributed by atoms with Crippen LogP contribution < -0.4 is 15.4 Å². The first-order valence-corrected chi connectivity index (χ1v) is 16.3. The molecular weight excluding hydrogens is 582 g/mol. The van der Waals surface area contributed by atoms with Crippen molar-refractivity contribution in [2.45, 2.75) is 62.5 Å². The summed E-state index contributed by atoms with van der Waals surface area (Å²) in [7, 11) is -4.36. The molecule has 1 heterocycles. The van der Waals surface area contributed by atoms with Crippen LogP contribution in [-0.4, -0.2) is 85.5 Å². The van der Waals surface area contributed by atoms with Gasteiger partial charge in [-0.25, -0.2) is 17.8 Å². The van der Waals surface area contributed by atoms with Gasteiger partial charge in [0, 0.05) is 24.6 Å². The molecule has 1 unspecified atom stereocenters. The first-order chi connectivity index (χ1) is 19.6. The summed E-state index contributed by atoms with van der Waals surface area (Å²) in [5.74, 6) is -1.54. The van der Waals surface area contributed by atoms with Crippen molar-refractivity contribution in [2.24, 2.45) is 7.05 Å². The molecule has 0 saturated carbocycles. The molecule has 0 saturated heterocycles. The molecule has 3 rings (SSSR count). The van der Waals surface area contributed by atoms with E-state index in [0.717, 1.165) is 11.8 Å². The van der Waals surface area contributed by atoms with E-state index in [4.69, 9.17) is 0 Å². The minimum atomic E-state index is -3.90. The molecule has 0 aliphatic rings. The van der Waals surface area contributed by atoms with Crippen molar-refractivity contribution >= 4 is 32.6 Å². The molecule has 0 fully saturated rings. The van der Waals surface area contributed by atoms with Gasteiger partial charge in [0.15, 0.2) is 0 Å². The van der Waals surface area contributed by atoms with Gasteiger partial charge in [-0.3, -0.25) is 13.8 Å². The molecule has 0 aliphatic carbocycles. The number of rotatable bonds is 13. The second-order valence-electron chi connectivity index (χ2n) is 11.0. The summed E-state index contributed by atoms with van der Waals surface area (Å²) < 4.78 is 40.5. The topological polar surface area (TPSA) is 185 Å². The molecule has 228 valence electrons. The van der Waals surface area contributed by atoms with E-state index in [1.807, 2.05) is 51.1 Å². The Morgan fingerprint density at radius 3 is 2.29 bits per heavy atom. The highest BCUT2D eigenvalue weighted by molar-refractivity contribution is 7.89. The molecule has 0 spiro atoms. The lowest BCUT2D eigenvalue weighted by Gasteiger charge is -2.28. The minimum Gasteiger partial charge on any atom is -0.391 e. The summed E-state index contributed by atoms with van der Waals surface area (Å²) >= 11 is 0. The summed E-state index contributed by atoms with van der Waals surface area (Å²) in [5, 5.41) is 27.8. The Bertz CT molecular complexity index is 1510. The number of amides is 2. The monoisotopic (exact) mass is 619 g/mol. The molecule has 2 aromatic carbocycles. The molecule has 0 bridgehead atoms. The van der Waals surface area contributed by atoms with Gasteiger partial charge in [0.1, 0.15) is 6.04 Å². The van der Waals surface area contributed by atoms with Crippen LogP contribution in [0.5, 0.6) is 0 Å². The van der Waals surface area contributed by atoms with Crippen LogP contribution in [0.4, 0.5) is 0 Å². The zero-order chi connectivity index (χ0) is 31.1. The predicted octanol–water partition coefficient (Wildman–Crippen LogP) is 0.0949. The first-order valence-electron chi connectivity index (χ1n) is 13.1. The molecule has 4 N–H and O–H groups in total. The van der Waals surface area contributed by atoms with Crippen molar-refractivity contribution in [2.75, 3.05) is 12.0 Å². The highest BCUT2D eigenvalue weighted by Crippen LogP contribution is 2.17. The zero-order valence-electron chi connectivity index (χ0n) is 24.1. The highest BCUT2D eigenvalue weighted by atomic mass is 32.2. The third-order valence-corrected chi connectivity index (χ3v) is 8.15. The lowest BCUT2D eigenvalue weighted by Crippen LogP contribution is -2.55. The first kappa shape index (κ1) is 33.0. The Morgan fingerprint density at radius 2 is 1.69 bits per heavy atom. The smallest absolute Gasteiger partial charge is 0.251 e. The molecule has 0 aliphatic heterocycles. The fourth-order valence-corrected chi connectivity index (χ4v) is 6.15. The fourth-order valence-electron chi connectivity index (χ4n) is 4.19. The van der Waals surface area contributed by atoms with Gasteiger partial charge in [0.25, 0.3) is 5.91 Å². The number of carbonyl (C=O) groups excluding carboxylic acids is 2. The SMILES string of the molecule is Cn1nnnc1S(=O)C[C@@H](NS(C)(=O)=O)C(=O)N[C@@H](Cc1ccccc1)[C@H](O)Cc1ccccc1C(=O)NC(C)(C)C. The van der Waals surface area contributed by atoms with Gasteiger partial charge >= 0.3 is 0 Å². The van der Waals surface area contributed by atoms with E-state index in [9.17, 15) is 27.3 Å². The maximum atomic E-state index is 13.5. The van der Waals surface area contributed by atoms with Crippen LogP contribution in [-0.2, 0) is 45.5 Å². The van der Waals surface area contributed by atoms with E-state index >= 15 is 0 Å². The number of aliphatic hydroxyl groups is 1. The van der Waals surface area contributed by atoms with E-state index in [1.165, 1.54) is 11.7 Å². The standard InChI is InChI=1S/C27H37N7O6S2/c1-27(2,3)29-24(36)20-14-10-9-13-19(20)16-23(35)21(15-18-11-7-6-8-12-18)28-25(37)22(31-42(5,39)40)17-41(38)26-30-32-33-34(26)4/h6-14,21-23,31,35H,15-17H2,1-5H3,(H,28,37)(H,29,36)/t21-,22+,23+,41?/m0/s1. The Hall–Kier alpha value is -3.53. The molecule has 0 radical (unpaired) electrons. The Kier molecular flexibility index (Phi) is 11.1. The van der Waals surface area contributed by atoms with E-state index in [0.29, 0.717) is 11.1 Å². The number of nitrogens with zero attached hydrogens (tertiary/aromatic N) is 4. The fraction of sp³-hybridized carbons (Fsp3) is 0.444. The Labute approximate surface area is 248 Å². The highest BCUT2D eigenvalue weighted by Gasteiger charge is 2.31. The van der Waals surface area contributed by atoms with Gasteiger partial charge < -0.3 is 15.7 Å². The van der Waals surface area contributed by atoms with Gasteiger partial charge in [-0.05, 0) is 54.8 Å². The molecule has 3 aromatic rings. The van der Waals surface area contributed by atoms with Crippen molar-refractivity contribution in [3.05, 3.63) is 71.3 Å². The van der Waals surface area contributed by atoms with Crippen LogP contribution in [0, 0.1) is 0 Å². The second kappa shape index (κ2) is 14.1. The van der Waals surface area contributed by atoms with Gasteiger partial charge in [-0.1, -0.05) is 53.6 Å². The van der Waals surface area contributed by atoms with Crippen molar-refractivity contribution in [3.8, 4) is 0 Å².